The predicted molar refractivity (Wildman–Crippen MR) is 108 cm³/mol. The number of nitrogens with zero attached hydrogens (tertiary/aromatic N) is 1. The van der Waals surface area contributed by atoms with Crippen molar-refractivity contribution in [1.29, 1.82) is 0 Å². The van der Waals surface area contributed by atoms with Crippen molar-refractivity contribution in [3.63, 3.8) is 0 Å². The minimum Gasteiger partial charge on any atom is -0.355 e. The van der Waals surface area contributed by atoms with Crippen molar-refractivity contribution in [3.05, 3.63) is 83.2 Å². The quantitative estimate of drug-likeness (QED) is 0.636. The van der Waals surface area contributed by atoms with Crippen molar-refractivity contribution in [1.82, 2.24) is 4.98 Å². The number of hydrogen-bond donors (Lipinski definition) is 2. The minimum atomic E-state index is -0.311. The lowest BCUT2D eigenvalue weighted by Gasteiger charge is -2.10. The van der Waals surface area contributed by atoms with Gasteiger partial charge in [-0.3, -0.25) is 14.6 Å². The lowest BCUT2D eigenvalue weighted by Crippen LogP contribution is -2.14. The van der Waals surface area contributed by atoms with Gasteiger partial charge in [-0.1, -0.05) is 6.07 Å². The lowest BCUT2D eigenvalue weighted by atomic mass is 10.1. The third-order valence-corrected chi connectivity index (χ3v) is 4.34. The minimum absolute atomic E-state index is 0.0142. The highest BCUT2D eigenvalue weighted by Crippen LogP contribution is 2.20. The number of carbonyl (C=O) groups is 2. The maximum atomic E-state index is 12.5. The summed E-state index contributed by atoms with van der Waals surface area (Å²) < 4.78 is 0. The normalized spacial score (nSPS) is 10.3. The fourth-order valence-corrected chi connectivity index (χ4v) is 2.60. The summed E-state index contributed by atoms with van der Waals surface area (Å²) in [6.45, 7) is 5.63. The van der Waals surface area contributed by atoms with Crippen LogP contribution >= 0.6 is 0 Å². The Bertz CT molecular complexity index is 995. The topological polar surface area (TPSA) is 71.1 Å². The van der Waals surface area contributed by atoms with Crippen LogP contribution in [0.3, 0.4) is 0 Å². The maximum Gasteiger partial charge on any atom is 0.274 e. The number of carbonyl (C=O) groups excluding carboxylic acids is 2. The molecule has 1 aromatic heterocycles. The SMILES string of the molecule is CC(=O)c1ccc(NC(=O)c2cc(Nc3ccc(C)c(C)c3)ccn2)cc1. The van der Waals surface area contributed by atoms with Gasteiger partial charge in [0.15, 0.2) is 5.78 Å². The second-order valence-corrected chi connectivity index (χ2v) is 6.44. The number of aryl methyl sites for hydroxylation is 2. The van der Waals surface area contributed by atoms with E-state index in [0.29, 0.717) is 16.9 Å². The maximum absolute atomic E-state index is 12.5. The van der Waals surface area contributed by atoms with Crippen molar-refractivity contribution in [2.75, 3.05) is 10.6 Å². The molecule has 3 aromatic rings. The molecule has 0 aliphatic carbocycles. The van der Waals surface area contributed by atoms with E-state index in [1.807, 2.05) is 12.1 Å². The van der Waals surface area contributed by atoms with Crippen LogP contribution in [-0.2, 0) is 0 Å². The highest BCUT2D eigenvalue weighted by molar-refractivity contribution is 6.03. The van der Waals surface area contributed by atoms with Crippen LogP contribution in [0.1, 0.15) is 38.9 Å². The summed E-state index contributed by atoms with van der Waals surface area (Å²) in [5.74, 6) is -0.325. The summed E-state index contributed by atoms with van der Waals surface area (Å²) >= 11 is 0. The molecule has 0 fully saturated rings. The average molecular weight is 359 g/mol. The molecule has 5 heteroatoms. The zero-order chi connectivity index (χ0) is 19.4. The van der Waals surface area contributed by atoms with Crippen LogP contribution in [0.25, 0.3) is 0 Å². The van der Waals surface area contributed by atoms with Crippen LogP contribution in [0.2, 0.25) is 0 Å². The third-order valence-electron chi connectivity index (χ3n) is 4.34. The molecule has 0 saturated heterocycles. The van der Waals surface area contributed by atoms with Crippen LogP contribution in [0.4, 0.5) is 17.1 Å². The molecule has 0 unspecified atom stereocenters. The number of Topliss-reactive ketones (excluding diaryl/α,β-unsaturated/α-hetero) is 1. The molecular formula is C22H21N3O2. The first-order valence-electron chi connectivity index (χ1n) is 8.65. The van der Waals surface area contributed by atoms with E-state index in [9.17, 15) is 9.59 Å². The van der Waals surface area contributed by atoms with Crippen LogP contribution in [0, 0.1) is 13.8 Å². The molecule has 3 rings (SSSR count). The number of pyridine rings is 1. The van der Waals surface area contributed by atoms with Gasteiger partial charge in [-0.2, -0.15) is 0 Å². The molecule has 0 aliphatic heterocycles. The van der Waals surface area contributed by atoms with Gasteiger partial charge < -0.3 is 10.6 Å². The highest BCUT2D eigenvalue weighted by atomic mass is 16.2. The first kappa shape index (κ1) is 18.3. The van der Waals surface area contributed by atoms with Crippen molar-refractivity contribution in [2.24, 2.45) is 0 Å². The molecule has 1 heterocycles. The van der Waals surface area contributed by atoms with Gasteiger partial charge >= 0.3 is 0 Å². The Morgan fingerprint density at radius 3 is 2.15 bits per heavy atom. The fourth-order valence-electron chi connectivity index (χ4n) is 2.60. The number of benzene rings is 2. The van der Waals surface area contributed by atoms with E-state index in [0.717, 1.165) is 11.4 Å². The molecule has 0 radical (unpaired) electrons. The summed E-state index contributed by atoms with van der Waals surface area (Å²) in [7, 11) is 0. The van der Waals surface area contributed by atoms with Gasteiger partial charge in [0.1, 0.15) is 5.69 Å². The standard InChI is InChI=1S/C22H21N3O2/c1-14-4-7-19(12-15(14)2)24-20-10-11-23-21(13-20)22(27)25-18-8-5-17(6-9-18)16(3)26/h4-13H,1-3H3,(H,23,24)(H,25,27). The van der Waals surface area contributed by atoms with Gasteiger partial charge in [0.2, 0.25) is 0 Å². The Morgan fingerprint density at radius 2 is 1.48 bits per heavy atom. The summed E-state index contributed by atoms with van der Waals surface area (Å²) in [6.07, 6.45) is 1.59. The summed E-state index contributed by atoms with van der Waals surface area (Å²) in [5.41, 5.74) is 5.68. The summed E-state index contributed by atoms with van der Waals surface area (Å²) in [4.78, 5) is 27.9. The first-order valence-corrected chi connectivity index (χ1v) is 8.65. The van der Waals surface area contributed by atoms with E-state index in [4.69, 9.17) is 0 Å². The molecule has 5 nitrogen and oxygen atoms in total. The third kappa shape index (κ3) is 4.58. The van der Waals surface area contributed by atoms with E-state index in [-0.39, 0.29) is 11.7 Å². The van der Waals surface area contributed by atoms with Crippen LogP contribution in [0.5, 0.6) is 0 Å². The van der Waals surface area contributed by atoms with Gasteiger partial charge in [-0.05, 0) is 80.4 Å². The highest BCUT2D eigenvalue weighted by Gasteiger charge is 2.09. The molecular weight excluding hydrogens is 338 g/mol. The monoisotopic (exact) mass is 359 g/mol. The second-order valence-electron chi connectivity index (χ2n) is 6.44. The molecule has 27 heavy (non-hydrogen) atoms. The van der Waals surface area contributed by atoms with Crippen molar-refractivity contribution in [3.8, 4) is 0 Å². The second kappa shape index (κ2) is 7.83. The Balaban J connectivity index is 1.73. The Kier molecular flexibility index (Phi) is 5.31. The molecule has 0 aliphatic rings. The Hall–Kier alpha value is -3.47. The first-order chi connectivity index (χ1) is 12.9. The molecule has 2 aromatic carbocycles. The van der Waals surface area contributed by atoms with Crippen LogP contribution < -0.4 is 10.6 Å². The van der Waals surface area contributed by atoms with Crippen molar-refractivity contribution < 1.29 is 9.59 Å². The Labute approximate surface area is 158 Å². The zero-order valence-corrected chi connectivity index (χ0v) is 15.5. The van der Waals surface area contributed by atoms with E-state index >= 15 is 0 Å². The number of amides is 1. The van der Waals surface area contributed by atoms with E-state index < -0.39 is 0 Å². The number of anilines is 3. The molecule has 0 spiro atoms. The molecule has 0 bridgehead atoms. The number of hydrogen-bond acceptors (Lipinski definition) is 4. The lowest BCUT2D eigenvalue weighted by molar-refractivity contribution is 0.101. The summed E-state index contributed by atoms with van der Waals surface area (Å²) in [5, 5.41) is 6.09. The molecule has 2 N–H and O–H groups in total. The van der Waals surface area contributed by atoms with Crippen LogP contribution in [-0.4, -0.2) is 16.7 Å². The van der Waals surface area contributed by atoms with Gasteiger partial charge in [-0.15, -0.1) is 0 Å². The van der Waals surface area contributed by atoms with E-state index in [1.54, 1.807) is 36.5 Å². The summed E-state index contributed by atoms with van der Waals surface area (Å²) in [6, 6.07) is 16.4. The molecule has 136 valence electrons. The van der Waals surface area contributed by atoms with Gasteiger partial charge in [0, 0.05) is 28.8 Å². The number of nitrogens with one attached hydrogen (secondary N) is 2. The number of aromatic nitrogens is 1. The van der Waals surface area contributed by atoms with E-state index in [1.165, 1.54) is 18.1 Å². The smallest absolute Gasteiger partial charge is 0.274 e. The van der Waals surface area contributed by atoms with Gasteiger partial charge in [-0.25, -0.2) is 0 Å². The fraction of sp³-hybridized carbons (Fsp3) is 0.136. The predicted octanol–water partition coefficient (Wildman–Crippen LogP) is 4.90. The molecule has 0 saturated carbocycles. The van der Waals surface area contributed by atoms with Gasteiger partial charge in [0.25, 0.3) is 5.91 Å². The average Bonchev–Trinajstić information content (AvgIpc) is 2.65. The van der Waals surface area contributed by atoms with Gasteiger partial charge in [0.05, 0.1) is 0 Å². The van der Waals surface area contributed by atoms with Crippen molar-refractivity contribution in [2.45, 2.75) is 20.8 Å². The largest absolute Gasteiger partial charge is 0.355 e. The number of ketones is 1. The number of rotatable bonds is 5. The van der Waals surface area contributed by atoms with Crippen molar-refractivity contribution >= 4 is 28.8 Å². The van der Waals surface area contributed by atoms with Crippen LogP contribution in [0.15, 0.2) is 60.8 Å². The Morgan fingerprint density at radius 1 is 0.815 bits per heavy atom. The van der Waals surface area contributed by atoms with E-state index in [2.05, 4.69) is 41.6 Å². The molecule has 1 amide bonds. The zero-order valence-electron chi connectivity index (χ0n) is 15.5. The molecule has 0 atom stereocenters.